The molecule has 4 rings (SSSR count). The van der Waals surface area contributed by atoms with E-state index in [1.807, 2.05) is 30.3 Å². The Hall–Kier alpha value is -3.68. The van der Waals surface area contributed by atoms with Gasteiger partial charge < -0.3 is 24.8 Å². The summed E-state index contributed by atoms with van der Waals surface area (Å²) < 4.78 is 16.0. The zero-order valence-corrected chi connectivity index (χ0v) is 16.2. The predicted molar refractivity (Wildman–Crippen MR) is 110 cm³/mol. The Kier molecular flexibility index (Phi) is 5.24. The summed E-state index contributed by atoms with van der Waals surface area (Å²) in [6.45, 7) is 2.27. The Bertz CT molecular complexity index is 1030. The van der Waals surface area contributed by atoms with Crippen molar-refractivity contribution in [1.29, 1.82) is 0 Å². The minimum Gasteiger partial charge on any atom is -0.497 e. The van der Waals surface area contributed by atoms with E-state index < -0.39 is 0 Å². The standard InChI is InChI=1S/C21H22N4O4/c1-3-5-16-20(23-21(26)22-14-6-4-7-15(11-14)27-2)19(25-24-16)13-8-9-17-18(10-13)29-12-28-17/h4,6-11H,3,5,12H2,1-2H3,(H,24,25)(H2,22,23,26). The molecule has 8 heteroatoms. The smallest absolute Gasteiger partial charge is 0.323 e. The average Bonchev–Trinajstić information content (AvgIpc) is 3.35. The van der Waals surface area contributed by atoms with Gasteiger partial charge in [0.1, 0.15) is 11.4 Å². The van der Waals surface area contributed by atoms with Gasteiger partial charge in [0.25, 0.3) is 0 Å². The number of aromatic nitrogens is 2. The SMILES string of the molecule is CCCc1[nH]nc(-c2ccc3c(c2)OCO3)c1NC(=O)Nc1cccc(OC)c1. The van der Waals surface area contributed by atoms with Crippen LogP contribution in [0.5, 0.6) is 17.2 Å². The van der Waals surface area contributed by atoms with E-state index in [1.54, 1.807) is 19.2 Å². The van der Waals surface area contributed by atoms with Gasteiger partial charge in [-0.2, -0.15) is 5.10 Å². The molecule has 0 radical (unpaired) electrons. The molecule has 0 fully saturated rings. The molecular formula is C21H22N4O4. The predicted octanol–water partition coefficient (Wildman–Crippen LogP) is 4.41. The number of H-pyrrole nitrogens is 1. The molecule has 2 aromatic carbocycles. The molecule has 2 heterocycles. The zero-order valence-electron chi connectivity index (χ0n) is 16.2. The van der Waals surface area contributed by atoms with Gasteiger partial charge >= 0.3 is 6.03 Å². The third kappa shape index (κ3) is 3.96. The van der Waals surface area contributed by atoms with Gasteiger partial charge in [-0.3, -0.25) is 5.10 Å². The number of fused-ring (bicyclic) bond motifs is 1. The minimum atomic E-state index is -0.362. The molecule has 1 aromatic heterocycles. The Balaban J connectivity index is 1.60. The lowest BCUT2D eigenvalue weighted by Crippen LogP contribution is -2.20. The molecule has 3 aromatic rings. The average molecular weight is 394 g/mol. The van der Waals surface area contributed by atoms with Crippen LogP contribution >= 0.6 is 0 Å². The van der Waals surface area contributed by atoms with Crippen molar-refractivity contribution in [2.24, 2.45) is 0 Å². The van der Waals surface area contributed by atoms with Crippen molar-refractivity contribution in [3.8, 4) is 28.5 Å². The van der Waals surface area contributed by atoms with E-state index in [4.69, 9.17) is 14.2 Å². The molecule has 2 amide bonds. The summed E-state index contributed by atoms with van der Waals surface area (Å²) in [6.07, 6.45) is 1.67. The number of nitrogens with one attached hydrogen (secondary N) is 3. The molecular weight excluding hydrogens is 372 g/mol. The van der Waals surface area contributed by atoms with Gasteiger partial charge in [0.15, 0.2) is 11.5 Å². The number of rotatable bonds is 6. The van der Waals surface area contributed by atoms with Gasteiger partial charge in [-0.1, -0.05) is 19.4 Å². The van der Waals surface area contributed by atoms with Gasteiger partial charge in [-0.15, -0.1) is 0 Å². The van der Waals surface area contributed by atoms with Gasteiger partial charge in [-0.05, 0) is 36.8 Å². The molecule has 0 saturated heterocycles. The normalized spacial score (nSPS) is 11.9. The van der Waals surface area contributed by atoms with Crippen LogP contribution in [0.15, 0.2) is 42.5 Å². The Morgan fingerprint density at radius 2 is 2.03 bits per heavy atom. The number of aryl methyl sites for hydroxylation is 1. The number of hydrogen-bond donors (Lipinski definition) is 3. The first-order valence-electron chi connectivity index (χ1n) is 9.37. The molecule has 1 aliphatic heterocycles. The van der Waals surface area contributed by atoms with E-state index in [1.165, 1.54) is 0 Å². The fourth-order valence-corrected chi connectivity index (χ4v) is 3.17. The number of carbonyl (C=O) groups excluding carboxylic acids is 1. The van der Waals surface area contributed by atoms with Crippen LogP contribution in [-0.2, 0) is 6.42 Å². The number of methoxy groups -OCH3 is 1. The zero-order chi connectivity index (χ0) is 20.2. The fraction of sp³-hybridized carbons (Fsp3) is 0.238. The van der Waals surface area contributed by atoms with Gasteiger partial charge in [0, 0.05) is 17.3 Å². The van der Waals surface area contributed by atoms with Crippen LogP contribution in [0, 0.1) is 0 Å². The Morgan fingerprint density at radius 1 is 1.17 bits per heavy atom. The fourth-order valence-electron chi connectivity index (χ4n) is 3.17. The summed E-state index contributed by atoms with van der Waals surface area (Å²) in [5.41, 5.74) is 3.61. The quantitative estimate of drug-likeness (QED) is 0.575. The Morgan fingerprint density at radius 3 is 2.86 bits per heavy atom. The summed E-state index contributed by atoms with van der Waals surface area (Å²) in [4.78, 5) is 12.7. The van der Waals surface area contributed by atoms with Crippen molar-refractivity contribution in [3.05, 3.63) is 48.2 Å². The van der Waals surface area contributed by atoms with Crippen LogP contribution in [-0.4, -0.2) is 30.1 Å². The van der Waals surface area contributed by atoms with E-state index in [0.717, 1.165) is 24.1 Å². The molecule has 3 N–H and O–H groups in total. The van der Waals surface area contributed by atoms with E-state index in [2.05, 4.69) is 27.8 Å². The highest BCUT2D eigenvalue weighted by Gasteiger charge is 2.20. The third-order valence-corrected chi connectivity index (χ3v) is 4.55. The van der Waals surface area contributed by atoms with E-state index >= 15 is 0 Å². The summed E-state index contributed by atoms with van der Waals surface area (Å²) in [5, 5.41) is 13.2. The van der Waals surface area contributed by atoms with Crippen molar-refractivity contribution in [3.63, 3.8) is 0 Å². The largest absolute Gasteiger partial charge is 0.497 e. The first kappa shape index (κ1) is 18.7. The first-order chi connectivity index (χ1) is 14.2. The molecule has 0 saturated carbocycles. The second kappa shape index (κ2) is 8.14. The molecule has 0 spiro atoms. The maximum Gasteiger partial charge on any atom is 0.323 e. The number of aromatic amines is 1. The molecule has 1 aliphatic rings. The minimum absolute atomic E-state index is 0.203. The molecule has 8 nitrogen and oxygen atoms in total. The maximum atomic E-state index is 12.7. The van der Waals surface area contributed by atoms with Crippen molar-refractivity contribution in [1.82, 2.24) is 10.2 Å². The molecule has 150 valence electrons. The lowest BCUT2D eigenvalue weighted by Gasteiger charge is -2.11. The highest BCUT2D eigenvalue weighted by molar-refractivity contribution is 6.02. The van der Waals surface area contributed by atoms with Gasteiger partial charge in [-0.25, -0.2) is 4.79 Å². The number of ether oxygens (including phenoxy) is 3. The topological polar surface area (TPSA) is 97.5 Å². The monoisotopic (exact) mass is 394 g/mol. The van der Waals surface area contributed by atoms with E-state index in [9.17, 15) is 4.79 Å². The van der Waals surface area contributed by atoms with Crippen LogP contribution in [0.25, 0.3) is 11.3 Å². The molecule has 29 heavy (non-hydrogen) atoms. The second-order valence-corrected chi connectivity index (χ2v) is 6.55. The van der Waals surface area contributed by atoms with E-state index in [0.29, 0.717) is 34.3 Å². The molecule has 0 atom stereocenters. The first-order valence-corrected chi connectivity index (χ1v) is 9.37. The maximum absolute atomic E-state index is 12.7. The van der Waals surface area contributed by atoms with Gasteiger partial charge in [0.05, 0.1) is 18.5 Å². The Labute approximate surface area is 168 Å². The van der Waals surface area contributed by atoms with Crippen molar-refractivity contribution in [2.75, 3.05) is 24.5 Å². The number of amides is 2. The molecule has 0 bridgehead atoms. The number of anilines is 2. The second-order valence-electron chi connectivity index (χ2n) is 6.55. The number of benzene rings is 2. The summed E-state index contributed by atoms with van der Waals surface area (Å²) in [7, 11) is 1.58. The number of urea groups is 1. The van der Waals surface area contributed by atoms with Crippen LogP contribution in [0.2, 0.25) is 0 Å². The van der Waals surface area contributed by atoms with Crippen LogP contribution < -0.4 is 24.8 Å². The summed E-state index contributed by atoms with van der Waals surface area (Å²) in [6, 6.07) is 12.4. The van der Waals surface area contributed by atoms with Gasteiger partial charge in [0.2, 0.25) is 6.79 Å². The summed E-state index contributed by atoms with van der Waals surface area (Å²) >= 11 is 0. The van der Waals surface area contributed by atoms with Crippen LogP contribution in [0.3, 0.4) is 0 Å². The lowest BCUT2D eigenvalue weighted by atomic mass is 10.1. The van der Waals surface area contributed by atoms with E-state index in [-0.39, 0.29) is 12.8 Å². The van der Waals surface area contributed by atoms with Crippen molar-refractivity contribution in [2.45, 2.75) is 19.8 Å². The highest BCUT2D eigenvalue weighted by atomic mass is 16.7. The van der Waals surface area contributed by atoms with Crippen LogP contribution in [0.4, 0.5) is 16.2 Å². The molecule has 0 aliphatic carbocycles. The molecule has 0 unspecified atom stereocenters. The lowest BCUT2D eigenvalue weighted by molar-refractivity contribution is 0.174. The summed E-state index contributed by atoms with van der Waals surface area (Å²) in [5.74, 6) is 2.02. The number of nitrogens with zero attached hydrogens (tertiary/aromatic N) is 1. The van der Waals surface area contributed by atoms with Crippen molar-refractivity contribution >= 4 is 17.4 Å². The number of hydrogen-bond acceptors (Lipinski definition) is 5. The van der Waals surface area contributed by atoms with Crippen LogP contribution in [0.1, 0.15) is 19.0 Å². The number of carbonyl (C=O) groups is 1. The van der Waals surface area contributed by atoms with Crippen molar-refractivity contribution < 1.29 is 19.0 Å². The highest BCUT2D eigenvalue weighted by Crippen LogP contribution is 2.38. The third-order valence-electron chi connectivity index (χ3n) is 4.55.